The number of hydrogen-bond donors (Lipinski definition) is 3. The van der Waals surface area contributed by atoms with Gasteiger partial charge >= 0.3 is 5.97 Å². The molecule has 18 heavy (non-hydrogen) atoms. The zero-order chi connectivity index (χ0) is 13.9. The highest BCUT2D eigenvalue weighted by Gasteiger charge is 2.17. The van der Waals surface area contributed by atoms with E-state index in [0.29, 0.717) is 12.2 Å². The van der Waals surface area contributed by atoms with Crippen LogP contribution in [0.5, 0.6) is 11.5 Å². The smallest absolute Gasteiger partial charge is 0.303 e. The fourth-order valence-electron chi connectivity index (χ4n) is 1.98. The van der Waals surface area contributed by atoms with Crippen molar-refractivity contribution in [2.45, 2.75) is 32.7 Å². The minimum absolute atomic E-state index is 0.00639. The van der Waals surface area contributed by atoms with Gasteiger partial charge in [-0.25, -0.2) is 0 Å². The molecule has 5 nitrogen and oxygen atoms in total. The Labute approximate surface area is 106 Å². The molecule has 0 saturated heterocycles. The van der Waals surface area contributed by atoms with E-state index in [4.69, 9.17) is 15.6 Å². The Kier molecular flexibility index (Phi) is 4.55. The topological polar surface area (TPSA) is 92.8 Å². The fourth-order valence-corrected chi connectivity index (χ4v) is 1.98. The van der Waals surface area contributed by atoms with E-state index in [1.807, 2.05) is 13.8 Å². The van der Waals surface area contributed by atoms with Gasteiger partial charge in [-0.1, -0.05) is 0 Å². The van der Waals surface area contributed by atoms with Crippen LogP contribution in [0.3, 0.4) is 0 Å². The highest BCUT2D eigenvalue weighted by atomic mass is 16.5. The lowest BCUT2D eigenvalue weighted by molar-refractivity contribution is -0.137. The van der Waals surface area contributed by atoms with Gasteiger partial charge in [0.15, 0.2) is 11.5 Å². The SMILES string of the molecule is COc1c(O)cc(C(N)CCC(=O)O)c(C)c1C. The second-order valence-electron chi connectivity index (χ2n) is 4.31. The Balaban J connectivity index is 3.06. The van der Waals surface area contributed by atoms with Crippen molar-refractivity contribution >= 4 is 5.97 Å². The number of aromatic hydroxyl groups is 1. The average molecular weight is 253 g/mol. The number of phenolic OH excluding ortho intramolecular Hbond substituents is 1. The summed E-state index contributed by atoms with van der Waals surface area (Å²) in [5, 5.41) is 18.5. The van der Waals surface area contributed by atoms with Crippen LogP contribution in [0.25, 0.3) is 0 Å². The summed E-state index contributed by atoms with van der Waals surface area (Å²) in [5.74, 6) is -0.416. The zero-order valence-electron chi connectivity index (χ0n) is 10.9. The zero-order valence-corrected chi connectivity index (χ0v) is 10.9. The first kappa shape index (κ1) is 14.3. The van der Waals surface area contributed by atoms with Crippen molar-refractivity contribution in [3.63, 3.8) is 0 Å². The molecule has 100 valence electrons. The van der Waals surface area contributed by atoms with Gasteiger partial charge in [-0.3, -0.25) is 4.79 Å². The minimum Gasteiger partial charge on any atom is -0.504 e. The summed E-state index contributed by atoms with van der Waals surface area (Å²) in [7, 11) is 1.49. The largest absolute Gasteiger partial charge is 0.504 e. The molecule has 1 aromatic carbocycles. The molecule has 0 aliphatic rings. The number of hydrogen-bond acceptors (Lipinski definition) is 4. The molecule has 0 bridgehead atoms. The van der Waals surface area contributed by atoms with Crippen LogP contribution in [0.4, 0.5) is 0 Å². The third-order valence-corrected chi connectivity index (χ3v) is 3.13. The van der Waals surface area contributed by atoms with E-state index in [1.165, 1.54) is 7.11 Å². The maximum atomic E-state index is 10.5. The molecule has 1 aromatic rings. The summed E-state index contributed by atoms with van der Waals surface area (Å²) >= 11 is 0. The summed E-state index contributed by atoms with van der Waals surface area (Å²) < 4.78 is 5.10. The number of aliphatic carboxylic acids is 1. The molecule has 0 heterocycles. The van der Waals surface area contributed by atoms with Crippen LogP contribution in [0.1, 0.15) is 35.6 Å². The maximum Gasteiger partial charge on any atom is 0.303 e. The number of methoxy groups -OCH3 is 1. The van der Waals surface area contributed by atoms with Crippen LogP contribution in [0, 0.1) is 13.8 Å². The molecule has 0 spiro atoms. The molecule has 0 aromatic heterocycles. The summed E-state index contributed by atoms with van der Waals surface area (Å²) in [6, 6.07) is 1.14. The van der Waals surface area contributed by atoms with Gasteiger partial charge in [0.05, 0.1) is 7.11 Å². The molecule has 1 unspecified atom stereocenters. The Hall–Kier alpha value is -1.75. The van der Waals surface area contributed by atoms with Crippen molar-refractivity contribution < 1.29 is 19.7 Å². The van der Waals surface area contributed by atoms with E-state index < -0.39 is 12.0 Å². The Morgan fingerprint density at radius 2 is 2.06 bits per heavy atom. The predicted octanol–water partition coefficient (Wildman–Crippen LogP) is 1.88. The van der Waals surface area contributed by atoms with Gasteiger partial charge in [-0.15, -0.1) is 0 Å². The van der Waals surface area contributed by atoms with E-state index in [-0.39, 0.29) is 12.2 Å². The fraction of sp³-hybridized carbons (Fsp3) is 0.462. The van der Waals surface area contributed by atoms with E-state index in [9.17, 15) is 9.90 Å². The predicted molar refractivity (Wildman–Crippen MR) is 67.9 cm³/mol. The summed E-state index contributed by atoms with van der Waals surface area (Å²) in [4.78, 5) is 10.5. The van der Waals surface area contributed by atoms with Crippen molar-refractivity contribution in [1.29, 1.82) is 0 Å². The van der Waals surface area contributed by atoms with E-state index in [2.05, 4.69) is 0 Å². The molecule has 1 atom stereocenters. The van der Waals surface area contributed by atoms with Crippen LogP contribution in [0.2, 0.25) is 0 Å². The van der Waals surface area contributed by atoms with Gasteiger partial charge in [-0.2, -0.15) is 0 Å². The normalized spacial score (nSPS) is 12.2. The molecule has 0 radical (unpaired) electrons. The Bertz CT molecular complexity index is 457. The van der Waals surface area contributed by atoms with E-state index in [0.717, 1.165) is 16.7 Å². The molecule has 1 rings (SSSR count). The molecule has 0 aliphatic heterocycles. The van der Waals surface area contributed by atoms with Gasteiger partial charge < -0.3 is 20.7 Å². The first-order valence-corrected chi connectivity index (χ1v) is 5.72. The van der Waals surface area contributed by atoms with Crippen LogP contribution in [0.15, 0.2) is 6.07 Å². The molecule has 4 N–H and O–H groups in total. The van der Waals surface area contributed by atoms with Crippen molar-refractivity contribution in [3.8, 4) is 11.5 Å². The van der Waals surface area contributed by atoms with E-state index >= 15 is 0 Å². The number of rotatable bonds is 5. The Morgan fingerprint density at radius 3 is 2.56 bits per heavy atom. The van der Waals surface area contributed by atoms with Crippen LogP contribution in [-0.2, 0) is 4.79 Å². The lowest BCUT2D eigenvalue weighted by atomic mass is 9.94. The number of phenols is 1. The van der Waals surface area contributed by atoms with Crippen LogP contribution >= 0.6 is 0 Å². The minimum atomic E-state index is -0.877. The summed E-state index contributed by atoms with van der Waals surface area (Å²) in [6.45, 7) is 3.72. The third kappa shape index (κ3) is 2.92. The van der Waals surface area contributed by atoms with Gasteiger partial charge in [0.2, 0.25) is 0 Å². The highest BCUT2D eigenvalue weighted by Crippen LogP contribution is 2.36. The van der Waals surface area contributed by atoms with Crippen molar-refractivity contribution in [3.05, 3.63) is 22.8 Å². The first-order chi connectivity index (χ1) is 8.38. The van der Waals surface area contributed by atoms with Crippen molar-refractivity contribution in [2.75, 3.05) is 7.11 Å². The second kappa shape index (κ2) is 5.73. The lowest BCUT2D eigenvalue weighted by Gasteiger charge is -2.18. The number of carboxylic acids is 1. The van der Waals surface area contributed by atoms with Gasteiger partial charge in [0.1, 0.15) is 0 Å². The molecule has 0 aliphatic carbocycles. The number of nitrogens with two attached hydrogens (primary N) is 1. The van der Waals surface area contributed by atoms with Gasteiger partial charge in [0.25, 0.3) is 0 Å². The van der Waals surface area contributed by atoms with Gasteiger partial charge in [-0.05, 0) is 43.0 Å². The van der Waals surface area contributed by atoms with Crippen molar-refractivity contribution in [1.82, 2.24) is 0 Å². The Morgan fingerprint density at radius 1 is 1.44 bits per heavy atom. The second-order valence-corrected chi connectivity index (χ2v) is 4.31. The number of benzene rings is 1. The monoisotopic (exact) mass is 253 g/mol. The molecular weight excluding hydrogens is 234 g/mol. The number of carbonyl (C=O) groups is 1. The van der Waals surface area contributed by atoms with Crippen molar-refractivity contribution in [2.24, 2.45) is 5.73 Å². The molecule has 5 heteroatoms. The number of carboxylic acid groups (broad SMARTS) is 1. The molecule has 0 fully saturated rings. The van der Waals surface area contributed by atoms with Gasteiger partial charge in [0, 0.05) is 12.5 Å². The first-order valence-electron chi connectivity index (χ1n) is 5.72. The molecule has 0 amide bonds. The quantitative estimate of drug-likeness (QED) is 0.745. The highest BCUT2D eigenvalue weighted by molar-refractivity contribution is 5.66. The van der Waals surface area contributed by atoms with E-state index in [1.54, 1.807) is 6.07 Å². The molecular formula is C13H19NO4. The summed E-state index contributed by atoms with van der Waals surface area (Å²) in [5.41, 5.74) is 8.45. The lowest BCUT2D eigenvalue weighted by Crippen LogP contribution is -2.14. The maximum absolute atomic E-state index is 10.5. The molecule has 0 saturated carbocycles. The van der Waals surface area contributed by atoms with Crippen LogP contribution < -0.4 is 10.5 Å². The third-order valence-electron chi connectivity index (χ3n) is 3.13. The number of ether oxygens (including phenoxy) is 1. The average Bonchev–Trinajstić information content (AvgIpc) is 2.31. The van der Waals surface area contributed by atoms with Crippen LogP contribution in [-0.4, -0.2) is 23.3 Å². The summed E-state index contributed by atoms with van der Waals surface area (Å²) in [6.07, 6.45) is 0.341. The standard InChI is InChI=1S/C13H19NO4/c1-7-8(2)13(18-3)11(15)6-9(7)10(14)4-5-12(16)17/h6,10,15H,4-5,14H2,1-3H3,(H,16,17).